The van der Waals surface area contributed by atoms with E-state index in [1.165, 1.54) is 6.07 Å². The number of benzene rings is 1. The van der Waals surface area contributed by atoms with Crippen LogP contribution in [0.2, 0.25) is 0 Å². The van der Waals surface area contributed by atoms with Crippen molar-refractivity contribution in [1.29, 1.82) is 0 Å². The standard InChI is InChI=1S/C20H34FN3O/c1-5-22-20(24-14-17(9-11-25)12-15(2)3)23-10-8-18-6-7-19(21)13-16(18)4/h6-7,13,15,17,25H,5,8-12,14H2,1-4H3,(H2,22,23,24). The molecule has 1 unspecified atom stereocenters. The minimum Gasteiger partial charge on any atom is -0.396 e. The van der Waals surface area contributed by atoms with Gasteiger partial charge in [-0.15, -0.1) is 0 Å². The molecule has 0 heterocycles. The van der Waals surface area contributed by atoms with Crippen molar-refractivity contribution in [3.63, 3.8) is 0 Å². The van der Waals surface area contributed by atoms with Gasteiger partial charge in [0.25, 0.3) is 0 Å². The first-order valence-electron chi connectivity index (χ1n) is 9.34. The number of rotatable bonds is 10. The molecule has 0 aliphatic heterocycles. The predicted molar refractivity (Wildman–Crippen MR) is 103 cm³/mol. The second-order valence-corrected chi connectivity index (χ2v) is 6.98. The third-order valence-electron chi connectivity index (χ3n) is 4.19. The molecule has 0 fully saturated rings. The quantitative estimate of drug-likeness (QED) is 0.448. The summed E-state index contributed by atoms with van der Waals surface area (Å²) in [5.74, 6) is 1.61. The van der Waals surface area contributed by atoms with Gasteiger partial charge in [0.05, 0.1) is 0 Å². The first-order chi connectivity index (χ1) is 12.0. The summed E-state index contributed by atoms with van der Waals surface area (Å²) >= 11 is 0. The average molecular weight is 352 g/mol. The maximum Gasteiger partial charge on any atom is 0.191 e. The summed E-state index contributed by atoms with van der Waals surface area (Å²) in [5.41, 5.74) is 2.12. The molecule has 1 aromatic carbocycles. The maximum absolute atomic E-state index is 13.2. The second-order valence-electron chi connectivity index (χ2n) is 6.98. The van der Waals surface area contributed by atoms with Crippen LogP contribution in [0.3, 0.4) is 0 Å². The first-order valence-corrected chi connectivity index (χ1v) is 9.34. The number of aliphatic hydroxyl groups is 1. The summed E-state index contributed by atoms with van der Waals surface area (Å²) in [6.07, 6.45) is 2.68. The van der Waals surface area contributed by atoms with Crippen LogP contribution in [0.25, 0.3) is 0 Å². The molecule has 0 saturated heterocycles. The zero-order chi connectivity index (χ0) is 18.7. The van der Waals surface area contributed by atoms with E-state index in [9.17, 15) is 9.50 Å². The van der Waals surface area contributed by atoms with Gasteiger partial charge < -0.3 is 15.7 Å². The van der Waals surface area contributed by atoms with E-state index in [2.05, 4.69) is 29.5 Å². The molecule has 0 aromatic heterocycles. The Labute approximate surface area is 151 Å². The van der Waals surface area contributed by atoms with Gasteiger partial charge in [-0.05, 0) is 68.2 Å². The van der Waals surface area contributed by atoms with Gasteiger partial charge in [-0.2, -0.15) is 0 Å². The SMILES string of the molecule is CCNC(=NCC(CCO)CC(C)C)NCCc1ccc(F)cc1C. The molecule has 0 bridgehead atoms. The molecular formula is C20H34FN3O. The highest BCUT2D eigenvalue weighted by Gasteiger charge is 2.10. The van der Waals surface area contributed by atoms with Crippen molar-refractivity contribution in [3.05, 3.63) is 35.1 Å². The lowest BCUT2D eigenvalue weighted by atomic mass is 9.94. The van der Waals surface area contributed by atoms with E-state index in [0.29, 0.717) is 18.4 Å². The number of nitrogens with one attached hydrogen (secondary N) is 2. The van der Waals surface area contributed by atoms with E-state index in [0.717, 1.165) is 49.4 Å². The zero-order valence-corrected chi connectivity index (χ0v) is 16.1. The number of guanidine groups is 1. The smallest absolute Gasteiger partial charge is 0.191 e. The molecule has 0 aliphatic rings. The largest absolute Gasteiger partial charge is 0.396 e. The molecule has 0 amide bonds. The van der Waals surface area contributed by atoms with Crippen LogP contribution >= 0.6 is 0 Å². The number of aliphatic imine (C=N–C) groups is 1. The minimum absolute atomic E-state index is 0.191. The number of halogens is 1. The highest BCUT2D eigenvalue weighted by atomic mass is 19.1. The van der Waals surface area contributed by atoms with Gasteiger partial charge in [-0.1, -0.05) is 19.9 Å². The Hall–Kier alpha value is -1.62. The van der Waals surface area contributed by atoms with Gasteiger partial charge in [0.2, 0.25) is 0 Å². The van der Waals surface area contributed by atoms with Crippen LogP contribution < -0.4 is 10.6 Å². The second kappa shape index (κ2) is 11.9. The van der Waals surface area contributed by atoms with Crippen molar-refractivity contribution < 1.29 is 9.50 Å². The van der Waals surface area contributed by atoms with E-state index in [1.807, 2.05) is 19.9 Å². The van der Waals surface area contributed by atoms with E-state index >= 15 is 0 Å². The fraction of sp³-hybridized carbons (Fsp3) is 0.650. The van der Waals surface area contributed by atoms with Gasteiger partial charge in [0.15, 0.2) is 5.96 Å². The van der Waals surface area contributed by atoms with Crippen LogP contribution in [0, 0.1) is 24.6 Å². The molecule has 5 heteroatoms. The van der Waals surface area contributed by atoms with Crippen molar-refractivity contribution in [2.24, 2.45) is 16.8 Å². The number of hydrogen-bond acceptors (Lipinski definition) is 2. The average Bonchev–Trinajstić information content (AvgIpc) is 2.54. The highest BCUT2D eigenvalue weighted by molar-refractivity contribution is 5.79. The fourth-order valence-electron chi connectivity index (χ4n) is 2.95. The van der Waals surface area contributed by atoms with Gasteiger partial charge in [-0.25, -0.2) is 4.39 Å². The molecule has 0 radical (unpaired) electrons. The molecule has 0 spiro atoms. The lowest BCUT2D eigenvalue weighted by Crippen LogP contribution is -2.38. The van der Waals surface area contributed by atoms with E-state index in [4.69, 9.17) is 0 Å². The van der Waals surface area contributed by atoms with Crippen molar-refractivity contribution >= 4 is 5.96 Å². The third kappa shape index (κ3) is 8.87. The van der Waals surface area contributed by atoms with Crippen LogP contribution in [-0.2, 0) is 6.42 Å². The van der Waals surface area contributed by atoms with Gasteiger partial charge in [0, 0.05) is 26.2 Å². The third-order valence-corrected chi connectivity index (χ3v) is 4.19. The predicted octanol–water partition coefficient (Wildman–Crippen LogP) is 3.28. The van der Waals surface area contributed by atoms with E-state index in [1.54, 1.807) is 6.07 Å². The summed E-state index contributed by atoms with van der Waals surface area (Å²) in [4.78, 5) is 4.68. The molecule has 3 N–H and O–H groups in total. The minimum atomic E-state index is -0.191. The molecule has 0 saturated carbocycles. The van der Waals surface area contributed by atoms with E-state index in [-0.39, 0.29) is 12.4 Å². The van der Waals surface area contributed by atoms with Crippen LogP contribution in [-0.4, -0.2) is 37.3 Å². The Balaban J connectivity index is 2.56. The molecule has 0 aliphatic carbocycles. The number of nitrogens with zero attached hydrogens (tertiary/aromatic N) is 1. The van der Waals surface area contributed by atoms with Crippen LogP contribution in [0.5, 0.6) is 0 Å². The highest BCUT2D eigenvalue weighted by Crippen LogP contribution is 2.15. The Morgan fingerprint density at radius 3 is 2.64 bits per heavy atom. The van der Waals surface area contributed by atoms with Crippen molar-refractivity contribution in [3.8, 4) is 0 Å². The maximum atomic E-state index is 13.2. The molecular weight excluding hydrogens is 317 g/mol. The van der Waals surface area contributed by atoms with Crippen LogP contribution in [0.4, 0.5) is 4.39 Å². The summed E-state index contributed by atoms with van der Waals surface area (Å²) in [6.45, 7) is 10.8. The van der Waals surface area contributed by atoms with Gasteiger partial charge in [-0.3, -0.25) is 4.99 Å². The number of aliphatic hydroxyl groups excluding tert-OH is 1. The fourth-order valence-corrected chi connectivity index (χ4v) is 2.95. The van der Waals surface area contributed by atoms with Gasteiger partial charge >= 0.3 is 0 Å². The van der Waals surface area contributed by atoms with Crippen molar-refractivity contribution in [2.75, 3.05) is 26.2 Å². The molecule has 1 rings (SSSR count). The lowest BCUT2D eigenvalue weighted by Gasteiger charge is -2.17. The molecule has 1 atom stereocenters. The first kappa shape index (κ1) is 21.4. The normalized spacial score (nSPS) is 13.2. The lowest BCUT2D eigenvalue weighted by molar-refractivity contribution is 0.245. The topological polar surface area (TPSA) is 56.7 Å². The Bertz CT molecular complexity index is 532. The van der Waals surface area contributed by atoms with Crippen molar-refractivity contribution in [2.45, 2.75) is 47.0 Å². The molecule has 142 valence electrons. The molecule has 1 aromatic rings. The Morgan fingerprint density at radius 2 is 2.04 bits per heavy atom. The Morgan fingerprint density at radius 1 is 1.28 bits per heavy atom. The molecule has 4 nitrogen and oxygen atoms in total. The summed E-state index contributed by atoms with van der Waals surface area (Å²) in [5, 5.41) is 15.8. The summed E-state index contributed by atoms with van der Waals surface area (Å²) in [6, 6.07) is 4.92. The van der Waals surface area contributed by atoms with Gasteiger partial charge in [0.1, 0.15) is 5.82 Å². The van der Waals surface area contributed by atoms with Crippen LogP contribution in [0.15, 0.2) is 23.2 Å². The van der Waals surface area contributed by atoms with Crippen LogP contribution in [0.1, 0.15) is 44.7 Å². The number of aryl methyl sites for hydroxylation is 1. The zero-order valence-electron chi connectivity index (χ0n) is 16.1. The number of hydrogen-bond donors (Lipinski definition) is 3. The van der Waals surface area contributed by atoms with E-state index < -0.39 is 0 Å². The molecule has 25 heavy (non-hydrogen) atoms. The summed E-state index contributed by atoms with van der Waals surface area (Å²) < 4.78 is 13.2. The van der Waals surface area contributed by atoms with Crippen molar-refractivity contribution in [1.82, 2.24) is 10.6 Å². The monoisotopic (exact) mass is 351 g/mol. The Kier molecular flexibility index (Phi) is 10.2. The summed E-state index contributed by atoms with van der Waals surface area (Å²) in [7, 11) is 0.